The number of halogens is 3. The van der Waals surface area contributed by atoms with E-state index < -0.39 is 11.6 Å². The summed E-state index contributed by atoms with van der Waals surface area (Å²) < 4.78 is 49.3. The molecule has 1 amide bonds. The van der Waals surface area contributed by atoms with Crippen molar-refractivity contribution in [1.29, 1.82) is 0 Å². The van der Waals surface area contributed by atoms with Crippen LogP contribution in [-0.2, 0) is 29.2 Å². The number of carbonyl (C=O) groups is 1. The summed E-state index contributed by atoms with van der Waals surface area (Å²) in [5.74, 6) is -2.30. The van der Waals surface area contributed by atoms with Crippen LogP contribution < -0.4 is 10.6 Å². The van der Waals surface area contributed by atoms with Crippen LogP contribution in [0.1, 0.15) is 45.6 Å². The van der Waals surface area contributed by atoms with E-state index in [4.69, 9.17) is 4.74 Å². The standard InChI is InChI=1S/C31H25F3N2O2/c1-15-24-13-35-12-18(24)11-27(33)25(15)14-36-31(37)17-6-8-21-23(10-17)30-22-9-16(5-7-20(22)29(21)38-30)19-3-2-4-26(32)28(19)34/h2-11,21,23,29-30,35H,12-14H2,1H3,(H,36,37)/t21?,23?,29-,30?/m1/s1. The molecule has 7 rings (SSSR count). The van der Waals surface area contributed by atoms with Gasteiger partial charge in [-0.2, -0.15) is 0 Å². The second-order valence-corrected chi connectivity index (χ2v) is 10.4. The van der Waals surface area contributed by atoms with Crippen LogP contribution >= 0.6 is 0 Å². The molecule has 3 heterocycles. The molecule has 3 aromatic rings. The second kappa shape index (κ2) is 8.68. The van der Waals surface area contributed by atoms with Crippen LogP contribution in [0.4, 0.5) is 13.2 Å². The molecule has 3 aliphatic heterocycles. The number of ether oxygens (including phenoxy) is 1. The van der Waals surface area contributed by atoms with E-state index in [1.54, 1.807) is 18.2 Å². The van der Waals surface area contributed by atoms with E-state index in [0.717, 1.165) is 33.9 Å². The van der Waals surface area contributed by atoms with E-state index >= 15 is 0 Å². The third kappa shape index (κ3) is 3.49. The van der Waals surface area contributed by atoms with Crippen molar-refractivity contribution in [2.45, 2.75) is 38.8 Å². The fourth-order valence-electron chi connectivity index (χ4n) is 6.48. The average molecular weight is 515 g/mol. The zero-order valence-electron chi connectivity index (χ0n) is 20.7. The molecule has 2 bridgehead atoms. The van der Waals surface area contributed by atoms with Gasteiger partial charge in [0.15, 0.2) is 11.6 Å². The van der Waals surface area contributed by atoms with Gasteiger partial charge in [-0.25, -0.2) is 13.2 Å². The van der Waals surface area contributed by atoms with E-state index in [9.17, 15) is 18.0 Å². The Morgan fingerprint density at radius 1 is 1.03 bits per heavy atom. The van der Waals surface area contributed by atoms with E-state index in [2.05, 4.69) is 10.6 Å². The van der Waals surface area contributed by atoms with Crippen molar-refractivity contribution >= 4 is 5.91 Å². The van der Waals surface area contributed by atoms with Crippen molar-refractivity contribution in [3.63, 3.8) is 0 Å². The fourth-order valence-corrected chi connectivity index (χ4v) is 6.48. The quantitative estimate of drug-likeness (QED) is 0.459. The van der Waals surface area contributed by atoms with Gasteiger partial charge < -0.3 is 15.4 Å². The molecule has 3 unspecified atom stereocenters. The first-order chi connectivity index (χ1) is 18.4. The van der Waals surface area contributed by atoms with Crippen LogP contribution in [0.5, 0.6) is 0 Å². The summed E-state index contributed by atoms with van der Waals surface area (Å²) in [6.07, 6.45) is 5.32. The average Bonchev–Trinajstić information content (AvgIpc) is 3.64. The van der Waals surface area contributed by atoms with Crippen LogP contribution in [0.25, 0.3) is 11.1 Å². The number of hydrogen-bond donors (Lipinski definition) is 2. The van der Waals surface area contributed by atoms with Gasteiger partial charge in [0.1, 0.15) is 5.82 Å². The lowest BCUT2D eigenvalue weighted by molar-refractivity contribution is -0.117. The van der Waals surface area contributed by atoms with Crippen molar-refractivity contribution in [1.82, 2.24) is 10.6 Å². The molecule has 4 nitrogen and oxygen atoms in total. The predicted octanol–water partition coefficient (Wildman–Crippen LogP) is 5.85. The van der Waals surface area contributed by atoms with Crippen LogP contribution in [0.3, 0.4) is 0 Å². The first-order valence-corrected chi connectivity index (χ1v) is 12.8. The first-order valence-electron chi connectivity index (χ1n) is 12.8. The van der Waals surface area contributed by atoms with Gasteiger partial charge >= 0.3 is 0 Å². The molecule has 0 radical (unpaired) electrons. The number of hydrogen-bond acceptors (Lipinski definition) is 3. The molecule has 0 aromatic heterocycles. The maximum absolute atomic E-state index is 14.8. The Labute approximate surface area is 218 Å². The van der Waals surface area contributed by atoms with Gasteiger partial charge in [-0.1, -0.05) is 42.5 Å². The Hall–Kier alpha value is -3.68. The van der Waals surface area contributed by atoms with Crippen molar-refractivity contribution in [3.8, 4) is 11.1 Å². The molecule has 1 fully saturated rings. The van der Waals surface area contributed by atoms with E-state index in [1.807, 2.05) is 37.3 Å². The number of amides is 1. The summed E-state index contributed by atoms with van der Waals surface area (Å²) in [5.41, 5.74) is 6.74. The third-order valence-corrected chi connectivity index (χ3v) is 8.46. The summed E-state index contributed by atoms with van der Waals surface area (Å²) >= 11 is 0. The SMILES string of the molecule is Cc1c(CNC(=O)C2=CC3C4O[C@H](c5ccc(-c6cccc(F)c6F)cc54)C3C=C2)c(F)cc2c1CNC2. The van der Waals surface area contributed by atoms with Gasteiger partial charge in [0, 0.05) is 48.2 Å². The number of benzene rings is 3. The van der Waals surface area contributed by atoms with Gasteiger partial charge in [-0.3, -0.25) is 4.79 Å². The molecule has 2 N–H and O–H groups in total. The zero-order chi connectivity index (χ0) is 26.1. The first kappa shape index (κ1) is 23.4. The van der Waals surface area contributed by atoms with Crippen LogP contribution in [0.2, 0.25) is 0 Å². The maximum Gasteiger partial charge on any atom is 0.251 e. The molecule has 1 aliphatic carbocycles. The zero-order valence-corrected chi connectivity index (χ0v) is 20.7. The van der Waals surface area contributed by atoms with Crippen molar-refractivity contribution in [2.75, 3.05) is 0 Å². The fraction of sp³-hybridized carbons (Fsp3) is 0.258. The number of nitrogens with one attached hydrogen (secondary N) is 2. The van der Waals surface area contributed by atoms with Crippen LogP contribution in [0, 0.1) is 36.2 Å². The van der Waals surface area contributed by atoms with Crippen molar-refractivity contribution < 1.29 is 22.7 Å². The summed E-state index contributed by atoms with van der Waals surface area (Å²) in [4.78, 5) is 13.1. The topological polar surface area (TPSA) is 50.4 Å². The molecule has 4 atom stereocenters. The molecule has 3 aromatic carbocycles. The van der Waals surface area contributed by atoms with Gasteiger partial charge in [0.2, 0.25) is 0 Å². The Morgan fingerprint density at radius 2 is 1.87 bits per heavy atom. The number of carbonyl (C=O) groups excluding carboxylic acids is 1. The Morgan fingerprint density at radius 3 is 2.74 bits per heavy atom. The predicted molar refractivity (Wildman–Crippen MR) is 136 cm³/mol. The lowest BCUT2D eigenvalue weighted by atomic mass is 9.72. The van der Waals surface area contributed by atoms with Gasteiger partial charge in [-0.15, -0.1) is 0 Å². The number of rotatable bonds is 4. The van der Waals surface area contributed by atoms with E-state index in [0.29, 0.717) is 29.8 Å². The minimum Gasteiger partial charge on any atom is -0.364 e. The maximum atomic E-state index is 14.8. The smallest absolute Gasteiger partial charge is 0.251 e. The lowest BCUT2D eigenvalue weighted by Gasteiger charge is -2.29. The van der Waals surface area contributed by atoms with Gasteiger partial charge in [-0.05, 0) is 58.5 Å². The molecule has 7 heteroatoms. The Bertz CT molecular complexity index is 1580. The van der Waals surface area contributed by atoms with E-state index in [1.165, 1.54) is 6.07 Å². The highest BCUT2D eigenvalue weighted by Crippen LogP contribution is 2.59. The molecule has 1 saturated heterocycles. The molecule has 0 saturated carbocycles. The molecular formula is C31H25F3N2O2. The molecule has 38 heavy (non-hydrogen) atoms. The highest BCUT2D eigenvalue weighted by atomic mass is 19.2. The van der Waals surface area contributed by atoms with Gasteiger partial charge in [0.25, 0.3) is 5.91 Å². The van der Waals surface area contributed by atoms with Crippen molar-refractivity contribution in [2.24, 2.45) is 11.8 Å². The monoisotopic (exact) mass is 514 g/mol. The molecule has 192 valence electrons. The normalized spacial score (nSPS) is 24.2. The summed E-state index contributed by atoms with van der Waals surface area (Å²) in [7, 11) is 0. The molecular weight excluding hydrogens is 489 g/mol. The Kier molecular flexibility index (Phi) is 5.35. The summed E-state index contributed by atoms with van der Waals surface area (Å²) in [6, 6.07) is 11.3. The molecule has 0 spiro atoms. The largest absolute Gasteiger partial charge is 0.364 e. The summed E-state index contributed by atoms with van der Waals surface area (Å²) in [5, 5.41) is 6.13. The summed E-state index contributed by atoms with van der Waals surface area (Å²) in [6.45, 7) is 3.37. The van der Waals surface area contributed by atoms with Crippen LogP contribution in [-0.4, -0.2) is 5.91 Å². The van der Waals surface area contributed by atoms with Crippen LogP contribution in [0.15, 0.2) is 66.3 Å². The minimum atomic E-state index is -0.886. The highest BCUT2D eigenvalue weighted by molar-refractivity contribution is 5.96. The highest BCUT2D eigenvalue weighted by Gasteiger charge is 2.51. The molecule has 4 aliphatic rings. The minimum absolute atomic E-state index is 0.0598. The number of fused-ring (bicyclic) bond motifs is 9. The Balaban J connectivity index is 1.13. The van der Waals surface area contributed by atoms with Crippen molar-refractivity contribution in [3.05, 3.63) is 117 Å². The van der Waals surface area contributed by atoms with E-state index in [-0.39, 0.29) is 47.9 Å². The lowest BCUT2D eigenvalue weighted by Crippen LogP contribution is -2.28. The van der Waals surface area contributed by atoms with Gasteiger partial charge in [0.05, 0.1) is 12.2 Å². The third-order valence-electron chi connectivity index (χ3n) is 8.46. The second-order valence-electron chi connectivity index (χ2n) is 10.4.